The van der Waals surface area contributed by atoms with Crippen LogP contribution in [0.4, 0.5) is 13.2 Å². The summed E-state index contributed by atoms with van der Waals surface area (Å²) < 4.78 is 38.2. The fourth-order valence-corrected chi connectivity index (χ4v) is 2.51. The van der Waals surface area contributed by atoms with Crippen LogP contribution in [0.25, 0.3) is 10.9 Å². The third kappa shape index (κ3) is 3.55. The Morgan fingerprint density at radius 3 is 2.61 bits per heavy atom. The van der Waals surface area contributed by atoms with Gasteiger partial charge in [0.1, 0.15) is 11.5 Å². The molecule has 0 saturated heterocycles. The maximum absolute atomic E-state index is 13.7. The minimum Gasteiger partial charge on any atom is -0.354 e. The number of fused-ring (bicyclic) bond motifs is 1. The first kappa shape index (κ1) is 17.1. The van der Waals surface area contributed by atoms with Crippen molar-refractivity contribution in [2.75, 3.05) is 7.05 Å². The summed E-state index contributed by atoms with van der Waals surface area (Å²) in [7, 11) is 1.46. The van der Waals surface area contributed by atoms with Gasteiger partial charge in [-0.1, -0.05) is 0 Å². The lowest BCUT2D eigenvalue weighted by atomic mass is 10.0. The molecule has 2 N–H and O–H groups in total. The number of carbonyl (C=O) groups excluding carboxylic acids is 2. The summed E-state index contributed by atoms with van der Waals surface area (Å²) >= 11 is 0. The molecule has 4 nitrogen and oxygen atoms in total. The van der Waals surface area contributed by atoms with Crippen molar-refractivity contribution in [2.24, 2.45) is 0 Å². The number of rotatable bonds is 6. The van der Waals surface area contributed by atoms with Gasteiger partial charge in [0.15, 0.2) is 5.78 Å². The number of halogens is 3. The zero-order valence-corrected chi connectivity index (χ0v) is 12.8. The van der Waals surface area contributed by atoms with Crippen molar-refractivity contribution in [1.82, 2.24) is 10.3 Å². The Hall–Kier alpha value is -2.31. The molecule has 2 rings (SSSR count). The Morgan fingerprint density at radius 1 is 1.30 bits per heavy atom. The molecule has 0 atom stereocenters. The zero-order valence-electron chi connectivity index (χ0n) is 12.8. The molecule has 7 heteroatoms. The quantitative estimate of drug-likeness (QED) is 0.857. The van der Waals surface area contributed by atoms with E-state index in [9.17, 15) is 22.8 Å². The van der Waals surface area contributed by atoms with Gasteiger partial charge < -0.3 is 10.3 Å². The number of benzene rings is 1. The van der Waals surface area contributed by atoms with Gasteiger partial charge in [0.05, 0.1) is 0 Å². The number of nitrogens with one attached hydrogen (secondary N) is 2. The maximum atomic E-state index is 13.7. The van der Waals surface area contributed by atoms with Gasteiger partial charge in [0, 0.05) is 24.4 Å². The number of aryl methyl sites for hydroxylation is 2. The SMILES string of the molecule is CNC(=O)c1[nH]c2cc(F)c(C)cc2c1CCCC(=O)C(F)F. The highest BCUT2D eigenvalue weighted by Gasteiger charge is 2.19. The predicted molar refractivity (Wildman–Crippen MR) is 80.3 cm³/mol. The fourth-order valence-electron chi connectivity index (χ4n) is 2.51. The molecule has 0 radical (unpaired) electrons. The summed E-state index contributed by atoms with van der Waals surface area (Å²) in [5.74, 6) is -1.90. The standard InChI is InChI=1S/C16H17F3N2O2/c1-8-6-10-9(4-3-5-13(22)15(18)19)14(16(23)20-2)21-12(10)7-11(8)17/h6-7,15,21H,3-5H2,1-2H3,(H,20,23). The van der Waals surface area contributed by atoms with E-state index in [1.54, 1.807) is 13.0 Å². The lowest BCUT2D eigenvalue weighted by Gasteiger charge is -2.04. The number of H-pyrrole nitrogens is 1. The molecule has 0 bridgehead atoms. The highest BCUT2D eigenvalue weighted by molar-refractivity contribution is 6.01. The summed E-state index contributed by atoms with van der Waals surface area (Å²) in [5.41, 5.74) is 1.74. The Labute approximate surface area is 131 Å². The van der Waals surface area contributed by atoms with Crippen LogP contribution in [0, 0.1) is 12.7 Å². The molecule has 0 aliphatic heterocycles. The first-order chi connectivity index (χ1) is 10.8. The number of Topliss-reactive ketones (excluding diaryl/α,β-unsaturated/α-hetero) is 1. The van der Waals surface area contributed by atoms with E-state index in [2.05, 4.69) is 10.3 Å². The van der Waals surface area contributed by atoms with E-state index < -0.39 is 18.0 Å². The summed E-state index contributed by atoms with van der Waals surface area (Å²) in [5, 5.41) is 3.14. The van der Waals surface area contributed by atoms with Gasteiger partial charge >= 0.3 is 0 Å². The average Bonchev–Trinajstić information content (AvgIpc) is 2.84. The first-order valence-electron chi connectivity index (χ1n) is 7.18. The molecule has 0 saturated carbocycles. The van der Waals surface area contributed by atoms with Crippen molar-refractivity contribution in [1.29, 1.82) is 0 Å². The van der Waals surface area contributed by atoms with Crippen molar-refractivity contribution >= 4 is 22.6 Å². The maximum Gasteiger partial charge on any atom is 0.295 e. The van der Waals surface area contributed by atoms with Crippen LogP contribution in [0.15, 0.2) is 12.1 Å². The first-order valence-corrected chi connectivity index (χ1v) is 7.18. The van der Waals surface area contributed by atoms with E-state index in [0.717, 1.165) is 0 Å². The summed E-state index contributed by atoms with van der Waals surface area (Å²) in [6.45, 7) is 1.60. The third-order valence-electron chi connectivity index (χ3n) is 3.73. The molecule has 1 aromatic heterocycles. The van der Waals surface area contributed by atoms with Crippen LogP contribution in [-0.2, 0) is 11.2 Å². The van der Waals surface area contributed by atoms with Crippen LogP contribution in [0.3, 0.4) is 0 Å². The molecule has 0 spiro atoms. The van der Waals surface area contributed by atoms with Gasteiger partial charge in [-0.2, -0.15) is 0 Å². The van der Waals surface area contributed by atoms with Crippen LogP contribution >= 0.6 is 0 Å². The smallest absolute Gasteiger partial charge is 0.295 e. The Bertz CT molecular complexity index is 753. The summed E-state index contributed by atoms with van der Waals surface area (Å²) in [6, 6.07) is 2.91. The second-order valence-corrected chi connectivity index (χ2v) is 5.33. The molecule has 124 valence electrons. The molecule has 2 aromatic rings. The normalized spacial score (nSPS) is 11.2. The number of hydrogen-bond donors (Lipinski definition) is 2. The molecule has 23 heavy (non-hydrogen) atoms. The molecule has 0 fully saturated rings. The highest BCUT2D eigenvalue weighted by atomic mass is 19.3. The second-order valence-electron chi connectivity index (χ2n) is 5.33. The molecule has 0 aliphatic rings. The molecule has 1 amide bonds. The van der Waals surface area contributed by atoms with Gasteiger partial charge in [-0.15, -0.1) is 0 Å². The molecule has 1 aromatic carbocycles. The Morgan fingerprint density at radius 2 is 2.00 bits per heavy atom. The van der Waals surface area contributed by atoms with E-state index >= 15 is 0 Å². The van der Waals surface area contributed by atoms with E-state index in [1.165, 1.54) is 13.1 Å². The minimum absolute atomic E-state index is 0.191. The number of amides is 1. The van der Waals surface area contributed by atoms with Crippen LogP contribution in [0.5, 0.6) is 0 Å². The van der Waals surface area contributed by atoms with Crippen molar-refractivity contribution in [3.05, 3.63) is 34.8 Å². The number of aromatic amines is 1. The van der Waals surface area contributed by atoms with E-state index in [0.29, 0.717) is 22.0 Å². The monoisotopic (exact) mass is 326 g/mol. The second kappa shape index (κ2) is 6.85. The Balaban J connectivity index is 2.36. The van der Waals surface area contributed by atoms with Gasteiger partial charge in [0.2, 0.25) is 0 Å². The number of aromatic nitrogens is 1. The molecular formula is C16H17F3N2O2. The molecular weight excluding hydrogens is 309 g/mol. The van der Waals surface area contributed by atoms with E-state index in [4.69, 9.17) is 0 Å². The largest absolute Gasteiger partial charge is 0.354 e. The van der Waals surface area contributed by atoms with Crippen LogP contribution in [0.2, 0.25) is 0 Å². The lowest BCUT2D eigenvalue weighted by molar-refractivity contribution is -0.129. The number of hydrogen-bond acceptors (Lipinski definition) is 2. The summed E-state index contributed by atoms with van der Waals surface area (Å²) in [6.07, 6.45) is -2.78. The van der Waals surface area contributed by atoms with E-state index in [-0.39, 0.29) is 30.9 Å². The van der Waals surface area contributed by atoms with Gasteiger partial charge in [-0.25, -0.2) is 13.2 Å². The van der Waals surface area contributed by atoms with Crippen LogP contribution in [0.1, 0.15) is 34.5 Å². The fraction of sp³-hybridized carbons (Fsp3) is 0.375. The summed E-state index contributed by atoms with van der Waals surface area (Å²) in [4.78, 5) is 25.8. The van der Waals surface area contributed by atoms with Crippen molar-refractivity contribution in [3.8, 4) is 0 Å². The number of carbonyl (C=O) groups is 2. The molecule has 0 unspecified atom stereocenters. The van der Waals surface area contributed by atoms with Crippen molar-refractivity contribution < 1.29 is 22.8 Å². The van der Waals surface area contributed by atoms with Gasteiger partial charge in [-0.05, 0) is 43.0 Å². The predicted octanol–water partition coefficient (Wildman–Crippen LogP) is 3.13. The molecule has 0 aliphatic carbocycles. The minimum atomic E-state index is -2.98. The lowest BCUT2D eigenvalue weighted by Crippen LogP contribution is -2.19. The van der Waals surface area contributed by atoms with Crippen LogP contribution in [-0.4, -0.2) is 30.1 Å². The zero-order chi connectivity index (χ0) is 17.1. The molecule has 1 heterocycles. The number of alkyl halides is 2. The highest BCUT2D eigenvalue weighted by Crippen LogP contribution is 2.27. The van der Waals surface area contributed by atoms with Gasteiger partial charge in [-0.3, -0.25) is 9.59 Å². The van der Waals surface area contributed by atoms with Crippen LogP contribution < -0.4 is 5.32 Å². The Kier molecular flexibility index (Phi) is 5.08. The van der Waals surface area contributed by atoms with Gasteiger partial charge in [0.25, 0.3) is 12.3 Å². The topological polar surface area (TPSA) is 62.0 Å². The third-order valence-corrected chi connectivity index (χ3v) is 3.73. The average molecular weight is 326 g/mol. The van der Waals surface area contributed by atoms with Crippen molar-refractivity contribution in [2.45, 2.75) is 32.6 Å². The van der Waals surface area contributed by atoms with E-state index in [1.807, 2.05) is 0 Å². The number of ketones is 1. The van der Waals surface area contributed by atoms with Crippen molar-refractivity contribution in [3.63, 3.8) is 0 Å².